The van der Waals surface area contributed by atoms with Crippen LogP contribution < -0.4 is 5.73 Å². The smallest absolute Gasteiger partial charge is 0.410 e. The third-order valence-corrected chi connectivity index (χ3v) is 3.27. The van der Waals surface area contributed by atoms with Gasteiger partial charge in [-0.25, -0.2) is 4.79 Å². The van der Waals surface area contributed by atoms with E-state index in [1.807, 2.05) is 34.6 Å². The molecule has 0 bridgehead atoms. The van der Waals surface area contributed by atoms with E-state index in [9.17, 15) is 9.59 Å². The molecule has 1 heterocycles. The van der Waals surface area contributed by atoms with E-state index in [2.05, 4.69) is 0 Å². The zero-order valence-corrected chi connectivity index (χ0v) is 14.3. The zero-order valence-electron chi connectivity index (χ0n) is 14.3. The highest BCUT2D eigenvalue weighted by Gasteiger charge is 2.33. The fraction of sp³-hybridized carbons (Fsp3) is 0.867. The van der Waals surface area contributed by atoms with Crippen LogP contribution in [-0.2, 0) is 14.3 Å². The summed E-state index contributed by atoms with van der Waals surface area (Å²) in [6.45, 7) is 10.9. The maximum atomic E-state index is 12.2. The molecule has 1 saturated heterocycles. The van der Waals surface area contributed by atoms with Gasteiger partial charge < -0.3 is 25.0 Å². The second kappa shape index (κ2) is 7.78. The molecule has 1 atom stereocenters. The van der Waals surface area contributed by atoms with E-state index in [4.69, 9.17) is 15.2 Å². The van der Waals surface area contributed by atoms with Crippen molar-refractivity contribution in [1.29, 1.82) is 0 Å². The molecule has 128 valence electrons. The number of nitrogens with two attached hydrogens (primary N) is 1. The summed E-state index contributed by atoms with van der Waals surface area (Å²) in [6.07, 6.45) is -0.361. The monoisotopic (exact) mass is 315 g/mol. The minimum Gasteiger partial charge on any atom is -0.444 e. The summed E-state index contributed by atoms with van der Waals surface area (Å²) in [5.74, 6) is -0.0898. The van der Waals surface area contributed by atoms with Crippen molar-refractivity contribution >= 4 is 12.0 Å². The Morgan fingerprint density at radius 2 is 1.91 bits per heavy atom. The highest BCUT2D eigenvalue weighted by atomic mass is 16.6. The molecule has 0 aromatic heterocycles. The maximum Gasteiger partial charge on any atom is 0.410 e. The summed E-state index contributed by atoms with van der Waals surface area (Å²) in [5, 5.41) is 0. The number of rotatable bonds is 4. The number of ether oxygens (including phenoxy) is 2. The van der Waals surface area contributed by atoms with Crippen LogP contribution in [0.25, 0.3) is 0 Å². The van der Waals surface area contributed by atoms with Crippen LogP contribution in [0.1, 0.15) is 34.6 Å². The van der Waals surface area contributed by atoms with E-state index in [1.165, 1.54) is 0 Å². The van der Waals surface area contributed by atoms with Crippen LogP contribution in [0, 0.1) is 0 Å². The van der Waals surface area contributed by atoms with Gasteiger partial charge in [0.25, 0.3) is 0 Å². The van der Waals surface area contributed by atoms with E-state index in [1.54, 1.807) is 9.80 Å². The first-order valence-corrected chi connectivity index (χ1v) is 7.73. The predicted molar refractivity (Wildman–Crippen MR) is 83.5 cm³/mol. The van der Waals surface area contributed by atoms with Gasteiger partial charge in [0.2, 0.25) is 5.91 Å². The van der Waals surface area contributed by atoms with Gasteiger partial charge in [-0.1, -0.05) is 0 Å². The van der Waals surface area contributed by atoms with E-state index in [-0.39, 0.29) is 30.8 Å². The van der Waals surface area contributed by atoms with Crippen molar-refractivity contribution < 1.29 is 19.1 Å². The summed E-state index contributed by atoms with van der Waals surface area (Å²) in [6, 6.07) is -0.204. The second-order valence-corrected chi connectivity index (χ2v) is 6.76. The summed E-state index contributed by atoms with van der Waals surface area (Å²) < 4.78 is 10.7. The van der Waals surface area contributed by atoms with Crippen molar-refractivity contribution in [2.24, 2.45) is 5.73 Å². The number of nitrogens with zero attached hydrogens (tertiary/aromatic N) is 2. The fourth-order valence-electron chi connectivity index (χ4n) is 2.20. The van der Waals surface area contributed by atoms with Gasteiger partial charge in [0.15, 0.2) is 0 Å². The Labute approximate surface area is 132 Å². The number of amides is 2. The van der Waals surface area contributed by atoms with Gasteiger partial charge in [0, 0.05) is 26.2 Å². The molecule has 2 amide bonds. The summed E-state index contributed by atoms with van der Waals surface area (Å²) in [7, 11) is 0. The SMILES string of the molecule is CC(C)OCC(=O)N1CCN(C(=O)OC(C)(C)C)CC1CN. The van der Waals surface area contributed by atoms with E-state index in [0.29, 0.717) is 26.2 Å². The molecule has 1 aliphatic heterocycles. The molecule has 0 saturated carbocycles. The summed E-state index contributed by atoms with van der Waals surface area (Å²) in [4.78, 5) is 27.6. The Morgan fingerprint density at radius 1 is 1.27 bits per heavy atom. The summed E-state index contributed by atoms with van der Waals surface area (Å²) in [5.41, 5.74) is 5.23. The van der Waals surface area contributed by atoms with Crippen LogP contribution in [-0.4, -0.2) is 72.3 Å². The highest BCUT2D eigenvalue weighted by Crippen LogP contribution is 2.15. The highest BCUT2D eigenvalue weighted by molar-refractivity contribution is 5.78. The van der Waals surface area contributed by atoms with Crippen molar-refractivity contribution in [2.75, 3.05) is 32.8 Å². The number of carbonyl (C=O) groups excluding carboxylic acids is 2. The molecule has 0 aromatic rings. The van der Waals surface area contributed by atoms with Gasteiger partial charge in [-0.2, -0.15) is 0 Å². The Balaban J connectivity index is 2.60. The van der Waals surface area contributed by atoms with Crippen LogP contribution in [0.4, 0.5) is 4.79 Å². The molecule has 0 aromatic carbocycles. The fourth-order valence-corrected chi connectivity index (χ4v) is 2.20. The molecule has 0 spiro atoms. The van der Waals surface area contributed by atoms with Gasteiger partial charge in [-0.05, 0) is 34.6 Å². The first-order chi connectivity index (χ1) is 10.1. The Morgan fingerprint density at radius 3 is 2.41 bits per heavy atom. The van der Waals surface area contributed by atoms with Crippen molar-refractivity contribution in [3.8, 4) is 0 Å². The minimum atomic E-state index is -0.534. The Hall–Kier alpha value is -1.34. The third-order valence-electron chi connectivity index (χ3n) is 3.27. The number of piperazine rings is 1. The van der Waals surface area contributed by atoms with Gasteiger partial charge in [0.05, 0.1) is 12.1 Å². The van der Waals surface area contributed by atoms with Gasteiger partial charge >= 0.3 is 6.09 Å². The quantitative estimate of drug-likeness (QED) is 0.830. The molecule has 0 radical (unpaired) electrons. The molecule has 22 heavy (non-hydrogen) atoms. The van der Waals surface area contributed by atoms with Crippen LogP contribution in [0.3, 0.4) is 0 Å². The number of hydrogen-bond acceptors (Lipinski definition) is 5. The van der Waals surface area contributed by atoms with Crippen molar-refractivity contribution in [3.05, 3.63) is 0 Å². The third kappa shape index (κ3) is 5.81. The summed E-state index contributed by atoms with van der Waals surface area (Å²) >= 11 is 0. The first kappa shape index (κ1) is 18.7. The van der Waals surface area contributed by atoms with Gasteiger partial charge in [-0.15, -0.1) is 0 Å². The van der Waals surface area contributed by atoms with Crippen LogP contribution in [0.2, 0.25) is 0 Å². The maximum absolute atomic E-state index is 12.2. The average molecular weight is 315 g/mol. The van der Waals surface area contributed by atoms with Crippen molar-refractivity contribution in [2.45, 2.75) is 52.4 Å². The zero-order chi connectivity index (χ0) is 16.9. The van der Waals surface area contributed by atoms with Crippen molar-refractivity contribution in [1.82, 2.24) is 9.80 Å². The average Bonchev–Trinajstić information content (AvgIpc) is 2.42. The molecule has 7 heteroatoms. The lowest BCUT2D eigenvalue weighted by Gasteiger charge is -2.41. The van der Waals surface area contributed by atoms with Crippen LogP contribution in [0.5, 0.6) is 0 Å². The van der Waals surface area contributed by atoms with Crippen LogP contribution >= 0.6 is 0 Å². The second-order valence-electron chi connectivity index (χ2n) is 6.76. The molecule has 7 nitrogen and oxygen atoms in total. The normalized spacial score (nSPS) is 19.5. The minimum absolute atomic E-state index is 0.00308. The first-order valence-electron chi connectivity index (χ1n) is 7.73. The Bertz CT molecular complexity index is 393. The predicted octanol–water partition coefficient (Wildman–Crippen LogP) is 0.818. The standard InChI is InChI=1S/C15H29N3O4/c1-11(2)21-10-13(19)18-7-6-17(9-12(18)8-16)14(20)22-15(3,4)5/h11-12H,6-10,16H2,1-5H3. The lowest BCUT2D eigenvalue weighted by molar-refractivity contribution is -0.142. The number of carbonyl (C=O) groups is 2. The van der Waals surface area contributed by atoms with E-state index >= 15 is 0 Å². The molecule has 1 rings (SSSR count). The molecular weight excluding hydrogens is 286 g/mol. The molecule has 1 fully saturated rings. The van der Waals surface area contributed by atoms with Crippen molar-refractivity contribution in [3.63, 3.8) is 0 Å². The molecule has 2 N–H and O–H groups in total. The van der Waals surface area contributed by atoms with E-state index < -0.39 is 5.60 Å². The van der Waals surface area contributed by atoms with Crippen LogP contribution in [0.15, 0.2) is 0 Å². The van der Waals surface area contributed by atoms with Gasteiger partial charge in [0.1, 0.15) is 12.2 Å². The molecule has 1 aliphatic rings. The largest absolute Gasteiger partial charge is 0.444 e. The topological polar surface area (TPSA) is 85.1 Å². The molecule has 1 unspecified atom stereocenters. The Kier molecular flexibility index (Phi) is 6.62. The number of hydrogen-bond donors (Lipinski definition) is 1. The lowest BCUT2D eigenvalue weighted by atomic mass is 10.1. The molecular formula is C15H29N3O4. The van der Waals surface area contributed by atoms with E-state index in [0.717, 1.165) is 0 Å². The van der Waals surface area contributed by atoms with Gasteiger partial charge in [-0.3, -0.25) is 4.79 Å². The lowest BCUT2D eigenvalue weighted by Crippen LogP contribution is -2.60. The molecule has 0 aliphatic carbocycles.